The van der Waals surface area contributed by atoms with Gasteiger partial charge in [-0.25, -0.2) is 0 Å². The number of hydrogen-bond donors (Lipinski definition) is 3. The summed E-state index contributed by atoms with van der Waals surface area (Å²) >= 11 is 7.62. The molecule has 2 saturated heterocycles. The van der Waals surface area contributed by atoms with E-state index >= 15 is 0 Å². The molecule has 4 fully saturated rings. The minimum Gasteiger partial charge on any atom is -0.390 e. The average molecular weight is 525 g/mol. The highest BCUT2D eigenvalue weighted by atomic mass is 35.5. The number of aromatic amines is 1. The maximum absolute atomic E-state index is 11.8. The van der Waals surface area contributed by atoms with Crippen LogP contribution in [0.15, 0.2) is 41.3 Å². The molecule has 9 atom stereocenters. The Bertz CT molecular complexity index is 1370. The zero-order valence-electron chi connectivity index (χ0n) is 21.8. The van der Waals surface area contributed by atoms with Crippen molar-refractivity contribution >= 4 is 27.9 Å². The Kier molecular flexibility index (Phi) is 5.06. The van der Waals surface area contributed by atoms with Crippen LogP contribution in [0, 0.1) is 17.3 Å². The largest absolute Gasteiger partial charge is 0.390 e. The predicted molar refractivity (Wildman–Crippen MR) is 145 cm³/mol. The number of H-pyrrole nitrogens is 1. The summed E-state index contributed by atoms with van der Waals surface area (Å²) in [4.78, 5) is 16.1. The molecule has 9 unspecified atom stereocenters. The molecule has 3 aliphatic carbocycles. The van der Waals surface area contributed by atoms with Gasteiger partial charge in [0.15, 0.2) is 0 Å². The molecule has 198 valence electrons. The number of aromatic nitrogens is 1. The number of rotatable bonds is 2. The van der Waals surface area contributed by atoms with Crippen molar-refractivity contribution in [2.24, 2.45) is 17.3 Å². The van der Waals surface area contributed by atoms with E-state index in [-0.39, 0.29) is 28.9 Å². The van der Waals surface area contributed by atoms with Crippen LogP contribution in [0.25, 0.3) is 16.3 Å². The number of allylic oxidation sites excluding steroid dienone is 2. The maximum Gasteiger partial charge on any atom is 0.248 e. The van der Waals surface area contributed by atoms with E-state index in [1.165, 1.54) is 11.1 Å². The molecule has 7 rings (SSSR count). The lowest BCUT2D eigenvalue weighted by Gasteiger charge is -2.65. The molecular weight excluding hydrogens is 488 g/mol. The van der Waals surface area contributed by atoms with E-state index in [9.17, 15) is 15.0 Å². The first-order valence-corrected chi connectivity index (χ1v) is 14.2. The molecule has 7 heteroatoms. The van der Waals surface area contributed by atoms with Gasteiger partial charge in [-0.2, -0.15) is 0 Å². The number of aliphatic hydroxyl groups is 2. The second-order valence-corrected chi connectivity index (χ2v) is 13.7. The lowest BCUT2D eigenvalue weighted by atomic mass is 9.52. The van der Waals surface area contributed by atoms with E-state index in [0.717, 1.165) is 49.3 Å². The molecule has 3 N–H and O–H groups in total. The van der Waals surface area contributed by atoms with Crippen LogP contribution < -0.4 is 5.56 Å². The van der Waals surface area contributed by atoms with E-state index in [2.05, 4.69) is 30.1 Å². The van der Waals surface area contributed by atoms with Crippen molar-refractivity contribution < 1.29 is 14.9 Å². The van der Waals surface area contributed by atoms with Gasteiger partial charge in [-0.3, -0.25) is 4.79 Å². The van der Waals surface area contributed by atoms with Crippen molar-refractivity contribution in [1.82, 2.24) is 9.88 Å². The second-order valence-electron chi connectivity index (χ2n) is 13.0. The van der Waals surface area contributed by atoms with E-state index in [1.807, 2.05) is 25.1 Å². The summed E-state index contributed by atoms with van der Waals surface area (Å²) in [6.07, 6.45) is 8.48. The molecular formula is C30H37ClN2O4. The number of fused-ring (bicyclic) bond motifs is 2. The van der Waals surface area contributed by atoms with Gasteiger partial charge < -0.3 is 24.8 Å². The Balaban J connectivity index is 1.27. The molecule has 0 radical (unpaired) electrons. The monoisotopic (exact) mass is 524 g/mol. The van der Waals surface area contributed by atoms with Gasteiger partial charge in [0.1, 0.15) is 0 Å². The highest BCUT2D eigenvalue weighted by Crippen LogP contribution is 2.73. The molecule has 6 nitrogen and oxygen atoms in total. The first-order chi connectivity index (χ1) is 17.5. The molecule has 0 amide bonds. The van der Waals surface area contributed by atoms with Crippen LogP contribution in [-0.2, 0) is 4.74 Å². The summed E-state index contributed by atoms with van der Waals surface area (Å²) in [7, 11) is 3.95. The number of aliphatic hydroxyl groups excluding tert-OH is 2. The normalized spacial score (nSPS) is 46.5. The lowest BCUT2D eigenvalue weighted by molar-refractivity contribution is -0.276. The standard InChI is InChI=1S/C30H37ClN2O4/c1-27-8-10-29(31)14-21-25(35)26(36)22(33(2)3)15-28(21)9-11-30(29,37-28)23(27)7-6-20(27)18-5-4-17-13-24(34)32-16-19(17)12-18/h4-6,12-13,16,21-23,25-26,35-36H,7-11,14-15H2,1-3H3,(H,32,34). The smallest absolute Gasteiger partial charge is 0.248 e. The average Bonchev–Trinajstić information content (AvgIpc) is 3.39. The van der Waals surface area contributed by atoms with Gasteiger partial charge >= 0.3 is 0 Å². The van der Waals surface area contributed by atoms with Gasteiger partial charge in [0.2, 0.25) is 5.56 Å². The number of nitrogens with one attached hydrogen (secondary N) is 1. The van der Waals surface area contributed by atoms with Crippen molar-refractivity contribution in [3.8, 4) is 0 Å². The highest BCUT2D eigenvalue weighted by Gasteiger charge is 2.76. The molecule has 2 bridgehead atoms. The van der Waals surface area contributed by atoms with Crippen LogP contribution in [0.2, 0.25) is 0 Å². The van der Waals surface area contributed by atoms with Gasteiger partial charge in [-0.1, -0.05) is 25.1 Å². The third-order valence-corrected chi connectivity index (χ3v) is 11.9. The van der Waals surface area contributed by atoms with E-state index in [0.29, 0.717) is 6.42 Å². The summed E-state index contributed by atoms with van der Waals surface area (Å²) in [5.41, 5.74) is 1.51. The summed E-state index contributed by atoms with van der Waals surface area (Å²) in [5.74, 6) is 0.113. The quantitative estimate of drug-likeness (QED) is 0.516. The number of likely N-dealkylation sites (N-methyl/N-ethyl adjacent to an activating group) is 1. The second kappa shape index (κ2) is 7.70. The molecule has 3 heterocycles. The fraction of sp³-hybridized carbons (Fsp3) is 0.633. The molecule has 1 aromatic carbocycles. The zero-order valence-corrected chi connectivity index (χ0v) is 22.6. The van der Waals surface area contributed by atoms with Crippen LogP contribution >= 0.6 is 11.6 Å². The lowest BCUT2D eigenvalue weighted by Crippen LogP contribution is -2.72. The number of nitrogens with zero attached hydrogens (tertiary/aromatic N) is 1. The van der Waals surface area contributed by atoms with Crippen molar-refractivity contribution in [3.63, 3.8) is 0 Å². The van der Waals surface area contributed by atoms with Crippen molar-refractivity contribution in [3.05, 3.63) is 52.5 Å². The summed E-state index contributed by atoms with van der Waals surface area (Å²) in [6.45, 7) is 2.39. The Morgan fingerprint density at radius 2 is 1.86 bits per heavy atom. The Morgan fingerprint density at radius 3 is 2.65 bits per heavy atom. The number of pyridine rings is 1. The minimum absolute atomic E-state index is 0.0691. The Hall–Kier alpha value is -1.70. The summed E-state index contributed by atoms with van der Waals surface area (Å²) in [6, 6.07) is 7.90. The SMILES string of the molecule is CN(C)C1CC23CCC4(O2)C2CC=C(c5ccc6cc(=O)[nH]cc6c5)C2(C)CCC4(Cl)CC3C(O)C1O. The summed E-state index contributed by atoms with van der Waals surface area (Å²) < 4.78 is 7.33. The predicted octanol–water partition coefficient (Wildman–Crippen LogP) is 4.07. The molecule has 2 aliphatic heterocycles. The van der Waals surface area contributed by atoms with Crippen LogP contribution in [0.5, 0.6) is 0 Å². The Labute approximate surface area is 222 Å². The fourth-order valence-corrected chi connectivity index (χ4v) is 9.86. The summed E-state index contributed by atoms with van der Waals surface area (Å²) in [5, 5.41) is 24.2. The van der Waals surface area contributed by atoms with E-state index in [4.69, 9.17) is 16.3 Å². The minimum atomic E-state index is -0.831. The molecule has 2 saturated carbocycles. The molecule has 1 aromatic heterocycles. The van der Waals surface area contributed by atoms with Crippen LogP contribution in [0.4, 0.5) is 0 Å². The highest BCUT2D eigenvalue weighted by molar-refractivity contribution is 6.25. The molecule has 2 spiro atoms. The van der Waals surface area contributed by atoms with Gasteiger partial charge in [-0.15, -0.1) is 11.6 Å². The maximum atomic E-state index is 11.8. The van der Waals surface area contributed by atoms with E-state index < -0.39 is 28.3 Å². The number of ether oxygens (including phenoxy) is 1. The van der Waals surface area contributed by atoms with Crippen LogP contribution in [0.3, 0.4) is 0 Å². The first-order valence-electron chi connectivity index (χ1n) is 13.8. The van der Waals surface area contributed by atoms with Crippen molar-refractivity contribution in [2.45, 2.75) is 86.2 Å². The van der Waals surface area contributed by atoms with Gasteiger partial charge in [0.05, 0.1) is 28.3 Å². The topological polar surface area (TPSA) is 85.8 Å². The number of alkyl halides is 1. The molecule has 37 heavy (non-hydrogen) atoms. The number of hydrogen-bond acceptors (Lipinski definition) is 5. The third-order valence-electron chi connectivity index (χ3n) is 11.3. The van der Waals surface area contributed by atoms with Crippen molar-refractivity contribution in [2.75, 3.05) is 14.1 Å². The van der Waals surface area contributed by atoms with Gasteiger partial charge in [0.25, 0.3) is 0 Å². The van der Waals surface area contributed by atoms with Gasteiger partial charge in [-0.05, 0) is 92.4 Å². The number of halogens is 1. The Morgan fingerprint density at radius 1 is 1.05 bits per heavy atom. The zero-order chi connectivity index (χ0) is 26.0. The van der Waals surface area contributed by atoms with Crippen molar-refractivity contribution in [1.29, 1.82) is 0 Å². The van der Waals surface area contributed by atoms with Crippen LogP contribution in [-0.4, -0.2) is 68.5 Å². The number of benzene rings is 1. The van der Waals surface area contributed by atoms with Gasteiger partial charge in [0, 0.05) is 30.1 Å². The third kappa shape index (κ3) is 3.05. The first kappa shape index (κ1) is 24.3. The molecule has 5 aliphatic rings. The molecule has 2 aromatic rings. The van der Waals surface area contributed by atoms with Crippen LogP contribution in [0.1, 0.15) is 57.4 Å². The fourth-order valence-electron chi connectivity index (χ4n) is 9.34. The van der Waals surface area contributed by atoms with E-state index in [1.54, 1.807) is 12.3 Å².